The molecule has 0 saturated heterocycles. The summed E-state index contributed by atoms with van der Waals surface area (Å²) in [6, 6.07) is 11.7. The third-order valence-corrected chi connectivity index (χ3v) is 7.99. The summed E-state index contributed by atoms with van der Waals surface area (Å²) in [5.74, 6) is -0.937. The quantitative estimate of drug-likeness (QED) is 0.293. The Balaban J connectivity index is 2.07. The van der Waals surface area contributed by atoms with Gasteiger partial charge in [0.05, 0.1) is 10.6 Å². The van der Waals surface area contributed by atoms with Crippen molar-refractivity contribution in [3.05, 3.63) is 48.0 Å². The van der Waals surface area contributed by atoms with Crippen molar-refractivity contribution in [2.45, 2.75) is 40.5 Å². The van der Waals surface area contributed by atoms with Crippen LogP contribution in [0.4, 0.5) is 11.4 Å². The van der Waals surface area contributed by atoms with E-state index in [1.54, 1.807) is 24.3 Å². The highest BCUT2D eigenvalue weighted by atomic mass is 35.5. The molecule has 0 spiro atoms. The van der Waals surface area contributed by atoms with Crippen molar-refractivity contribution in [2.24, 2.45) is 0 Å². The highest BCUT2D eigenvalue weighted by molar-refractivity contribution is 7.98. The van der Waals surface area contributed by atoms with Crippen LogP contribution in [0.3, 0.4) is 0 Å². The molecule has 9 heteroatoms. The smallest absolute Gasteiger partial charge is 0.303 e. The zero-order valence-corrected chi connectivity index (χ0v) is 17.6. The number of anilines is 2. The van der Waals surface area contributed by atoms with Crippen molar-refractivity contribution < 1.29 is 18.3 Å². The van der Waals surface area contributed by atoms with Gasteiger partial charge in [-0.05, 0) is 48.9 Å². The Morgan fingerprint density at radius 1 is 1.32 bits per heavy atom. The Morgan fingerprint density at radius 3 is 2.71 bits per heavy atom. The minimum absolute atomic E-state index is 0.0722. The van der Waals surface area contributed by atoms with Gasteiger partial charge in [0, 0.05) is 23.4 Å². The lowest BCUT2D eigenvalue weighted by molar-refractivity contribution is -0.137. The van der Waals surface area contributed by atoms with Gasteiger partial charge in [-0.15, -0.1) is 11.8 Å². The molecular weight excluding hydrogens is 420 g/mol. The fourth-order valence-corrected chi connectivity index (χ4v) is 6.45. The predicted molar refractivity (Wildman–Crippen MR) is 113 cm³/mol. The van der Waals surface area contributed by atoms with Gasteiger partial charge in [-0.25, -0.2) is 12.7 Å². The first-order chi connectivity index (χ1) is 13.2. The summed E-state index contributed by atoms with van der Waals surface area (Å²) in [5, 5.41) is 8.94. The number of carboxylic acid groups (broad SMARTS) is 1. The van der Waals surface area contributed by atoms with Crippen molar-refractivity contribution in [1.29, 1.82) is 0 Å². The van der Waals surface area contributed by atoms with Gasteiger partial charge in [-0.2, -0.15) is 0 Å². The van der Waals surface area contributed by atoms with E-state index in [9.17, 15) is 13.2 Å². The van der Waals surface area contributed by atoms with Gasteiger partial charge >= 0.3 is 5.97 Å². The van der Waals surface area contributed by atoms with Gasteiger partial charge in [0.15, 0.2) is 0 Å². The maximum Gasteiger partial charge on any atom is 0.303 e. The van der Waals surface area contributed by atoms with Gasteiger partial charge < -0.3 is 10.8 Å². The van der Waals surface area contributed by atoms with E-state index in [4.69, 9.17) is 22.4 Å². The van der Waals surface area contributed by atoms with Gasteiger partial charge in [-0.1, -0.05) is 29.8 Å². The number of sulfonamides is 1. The molecular formula is C19H21ClN2O4S2. The Kier molecular flexibility index (Phi) is 5.84. The van der Waals surface area contributed by atoms with E-state index in [0.29, 0.717) is 22.7 Å². The second-order valence-corrected chi connectivity index (χ2v) is 9.98. The number of hydrogen-bond donors (Lipinski definition) is 2. The number of carbonyl (C=O) groups is 1. The molecule has 6 nitrogen and oxygen atoms in total. The zero-order chi connectivity index (χ0) is 20.5. The van der Waals surface area contributed by atoms with Crippen LogP contribution < -0.4 is 10.0 Å². The van der Waals surface area contributed by atoms with Gasteiger partial charge in [0.2, 0.25) is 0 Å². The third kappa shape index (κ3) is 3.81. The summed E-state index contributed by atoms with van der Waals surface area (Å²) in [7, 11) is -3.97. The fraction of sp³-hybridized carbons (Fsp3) is 0.316. The fourth-order valence-electron chi connectivity index (χ4n) is 3.44. The van der Waals surface area contributed by atoms with Crippen molar-refractivity contribution in [2.75, 3.05) is 16.3 Å². The number of halogens is 1. The molecule has 1 aliphatic heterocycles. The van der Waals surface area contributed by atoms with Crippen LogP contribution in [0.15, 0.2) is 52.3 Å². The number of hydrogen-bond acceptors (Lipinski definition) is 5. The maximum absolute atomic E-state index is 13.6. The zero-order valence-electron chi connectivity index (χ0n) is 15.3. The van der Waals surface area contributed by atoms with Crippen molar-refractivity contribution >= 4 is 50.7 Å². The summed E-state index contributed by atoms with van der Waals surface area (Å²) in [6.07, 6.45) is 2.56. The third-order valence-electron chi connectivity index (χ3n) is 4.73. The highest BCUT2D eigenvalue weighted by Gasteiger charge is 2.48. The molecule has 0 aromatic heterocycles. The van der Waals surface area contributed by atoms with Crippen molar-refractivity contribution in [1.82, 2.24) is 0 Å². The summed E-state index contributed by atoms with van der Waals surface area (Å²) in [4.78, 5) is 10.4. The van der Waals surface area contributed by atoms with E-state index in [1.807, 2.05) is 18.4 Å². The van der Waals surface area contributed by atoms with E-state index in [1.165, 1.54) is 22.1 Å². The number of nitrogens with zero attached hydrogens (tertiary/aromatic N) is 1. The number of alkyl halides is 1. The molecule has 0 aliphatic carbocycles. The lowest BCUT2D eigenvalue weighted by Gasteiger charge is -2.34. The normalized spacial score (nSPS) is 18.9. The second kappa shape index (κ2) is 7.85. The Labute approximate surface area is 173 Å². The number of thioether (sulfide) groups is 1. The van der Waals surface area contributed by atoms with Crippen LogP contribution in [0.5, 0.6) is 0 Å². The molecule has 2 aromatic carbocycles. The standard InChI is InChI=1S/C19H21ClN2O4S2/c1-27-17-11-14(8-9-15(17)21)28(25,26)22-16-6-3-2-5-13(16)12-19(22,20)10-4-7-18(23)24/h2-3,5-6,8-9,11H,4,7,10,12,21H2,1H3,(H,23,24). The average molecular weight is 441 g/mol. The lowest BCUT2D eigenvalue weighted by Crippen LogP contribution is -2.45. The predicted octanol–water partition coefficient (Wildman–Crippen LogP) is 3.93. The van der Waals surface area contributed by atoms with Crippen LogP contribution in [0.2, 0.25) is 0 Å². The van der Waals surface area contributed by atoms with E-state index < -0.39 is 21.0 Å². The van der Waals surface area contributed by atoms with E-state index in [0.717, 1.165) is 5.56 Å². The molecule has 3 N–H and O–H groups in total. The molecule has 1 atom stereocenters. The molecule has 0 radical (unpaired) electrons. The number of carboxylic acids is 1. The van der Waals surface area contributed by atoms with Crippen LogP contribution in [-0.2, 0) is 21.2 Å². The SMILES string of the molecule is CSc1cc(S(=O)(=O)N2c3ccccc3CC2(Cl)CCCC(=O)O)ccc1N. The van der Waals surface area contributed by atoms with Crippen molar-refractivity contribution in [3.63, 3.8) is 0 Å². The molecule has 1 unspecified atom stereocenters. The van der Waals surface area contributed by atoms with Crippen LogP contribution in [-0.4, -0.2) is 30.7 Å². The number of benzene rings is 2. The summed E-state index contributed by atoms with van der Waals surface area (Å²) in [6.45, 7) is 0. The van der Waals surface area contributed by atoms with Gasteiger partial charge in [0.1, 0.15) is 5.00 Å². The number of aliphatic carboxylic acids is 1. The van der Waals surface area contributed by atoms with Crippen LogP contribution >= 0.6 is 23.4 Å². The van der Waals surface area contributed by atoms with E-state index >= 15 is 0 Å². The Morgan fingerprint density at radius 2 is 2.04 bits per heavy atom. The largest absolute Gasteiger partial charge is 0.481 e. The highest BCUT2D eigenvalue weighted by Crippen LogP contribution is 2.47. The van der Waals surface area contributed by atoms with Crippen LogP contribution in [0.25, 0.3) is 0 Å². The van der Waals surface area contributed by atoms with Crippen LogP contribution in [0, 0.1) is 0 Å². The molecule has 1 heterocycles. The number of para-hydroxylation sites is 1. The van der Waals surface area contributed by atoms with Crippen LogP contribution in [0.1, 0.15) is 24.8 Å². The molecule has 150 valence electrons. The molecule has 1 aliphatic rings. The summed E-state index contributed by atoms with van der Waals surface area (Å²) >= 11 is 8.21. The van der Waals surface area contributed by atoms with Gasteiger partial charge in [0.25, 0.3) is 10.0 Å². The number of nitrogens with two attached hydrogens (primary N) is 1. The first-order valence-electron chi connectivity index (χ1n) is 8.66. The molecule has 0 bridgehead atoms. The molecule has 0 saturated carbocycles. The van der Waals surface area contributed by atoms with E-state index in [-0.39, 0.29) is 24.2 Å². The average Bonchev–Trinajstić information content (AvgIpc) is 2.94. The minimum atomic E-state index is -3.97. The second-order valence-electron chi connectivity index (χ2n) is 6.64. The monoisotopic (exact) mass is 440 g/mol. The topological polar surface area (TPSA) is 101 Å². The lowest BCUT2D eigenvalue weighted by atomic mass is 10.0. The minimum Gasteiger partial charge on any atom is -0.481 e. The van der Waals surface area contributed by atoms with Crippen molar-refractivity contribution in [3.8, 4) is 0 Å². The Hall–Kier alpha value is -1.90. The Bertz CT molecular complexity index is 1010. The number of nitrogen functional groups attached to an aromatic ring is 1. The first-order valence-corrected chi connectivity index (χ1v) is 11.7. The molecule has 28 heavy (non-hydrogen) atoms. The number of fused-ring (bicyclic) bond motifs is 1. The maximum atomic E-state index is 13.6. The summed E-state index contributed by atoms with van der Waals surface area (Å²) < 4.78 is 28.4. The van der Waals surface area contributed by atoms with E-state index in [2.05, 4.69) is 0 Å². The molecule has 0 amide bonds. The molecule has 0 fully saturated rings. The first kappa shape index (κ1) is 20.8. The van der Waals surface area contributed by atoms with Gasteiger partial charge in [-0.3, -0.25) is 4.79 Å². The molecule has 3 rings (SSSR count). The molecule has 2 aromatic rings. The summed E-state index contributed by atoms with van der Waals surface area (Å²) in [5.41, 5.74) is 7.76. The number of rotatable bonds is 7.